The summed E-state index contributed by atoms with van der Waals surface area (Å²) in [5.74, 6) is -7.13. The number of carbonyl (C=O) groups is 5. The first-order valence-corrected chi connectivity index (χ1v) is 15.3. The third-order valence-electron chi connectivity index (χ3n) is 11.3. The van der Waals surface area contributed by atoms with Gasteiger partial charge in [-0.3, -0.25) is 24.0 Å². The van der Waals surface area contributed by atoms with E-state index in [9.17, 15) is 34.2 Å². The number of Topliss-reactive ketones (excluding diaryl/α,β-unsaturated/α-hetero) is 5. The molecular weight excluding hydrogens is 520 g/mol. The van der Waals surface area contributed by atoms with Gasteiger partial charge in [0.2, 0.25) is 0 Å². The Hall–Kier alpha value is -2.67. The third-order valence-corrected chi connectivity index (χ3v) is 11.3. The van der Waals surface area contributed by atoms with Gasteiger partial charge < -0.3 is 10.2 Å². The molecule has 0 aromatic heterocycles. The number of carbonyl (C=O) groups excluding carboxylic acids is 5. The Morgan fingerprint density at radius 3 is 2.24 bits per heavy atom. The van der Waals surface area contributed by atoms with E-state index in [4.69, 9.17) is 0 Å². The molecule has 0 bridgehead atoms. The predicted molar refractivity (Wildman–Crippen MR) is 152 cm³/mol. The zero-order valence-corrected chi connectivity index (χ0v) is 25.2. The molecule has 0 radical (unpaired) electrons. The molecule has 0 heterocycles. The Bertz CT molecular complexity index is 1330. The molecule has 7 nitrogen and oxygen atoms in total. The third kappa shape index (κ3) is 4.20. The molecule has 0 saturated heterocycles. The van der Waals surface area contributed by atoms with Crippen molar-refractivity contribution in [1.29, 1.82) is 0 Å². The van der Waals surface area contributed by atoms with Gasteiger partial charge in [0.1, 0.15) is 17.5 Å². The van der Waals surface area contributed by atoms with Crippen molar-refractivity contribution in [1.82, 2.24) is 0 Å². The molecule has 41 heavy (non-hydrogen) atoms. The highest BCUT2D eigenvalue weighted by atomic mass is 16.3. The average molecular weight is 565 g/mol. The Labute approximate surface area is 242 Å². The molecule has 4 aliphatic carbocycles. The molecule has 3 fully saturated rings. The second kappa shape index (κ2) is 9.96. The molecule has 1 aromatic rings. The fraction of sp³-hybridized carbons (Fsp3) is 0.676. The number of rotatable bonds is 5. The Kier molecular flexibility index (Phi) is 7.24. The Morgan fingerprint density at radius 2 is 1.66 bits per heavy atom. The van der Waals surface area contributed by atoms with Crippen LogP contribution in [0.2, 0.25) is 0 Å². The zero-order valence-electron chi connectivity index (χ0n) is 25.2. The number of benzene rings is 1. The summed E-state index contributed by atoms with van der Waals surface area (Å²) in [6, 6.07) is 3.39. The number of phenols is 1. The second-order valence-electron chi connectivity index (χ2n) is 14.6. The van der Waals surface area contributed by atoms with Gasteiger partial charge in [0.05, 0.1) is 11.5 Å². The Morgan fingerprint density at radius 1 is 1.02 bits per heavy atom. The SMILES string of the molecule is CC(=O)C1C(=O)C(C(C)C)[C@@]2(C)C[C@@]3(C)Cc4c(CCC5CCC(C)CC5)ccc(O)c4C(=O)C3C(=O)[C@@]2(O)C1=O. The van der Waals surface area contributed by atoms with Gasteiger partial charge in [-0.05, 0) is 73.0 Å². The van der Waals surface area contributed by atoms with Crippen molar-refractivity contribution in [2.45, 2.75) is 98.5 Å². The number of aryl methyl sites for hydroxylation is 1. The molecule has 3 saturated carbocycles. The van der Waals surface area contributed by atoms with Crippen molar-refractivity contribution in [2.75, 3.05) is 0 Å². The van der Waals surface area contributed by atoms with Gasteiger partial charge in [0, 0.05) is 11.3 Å². The van der Waals surface area contributed by atoms with E-state index >= 15 is 0 Å². The summed E-state index contributed by atoms with van der Waals surface area (Å²) in [5, 5.41) is 23.0. The predicted octanol–water partition coefficient (Wildman–Crippen LogP) is 4.85. The summed E-state index contributed by atoms with van der Waals surface area (Å²) >= 11 is 0. The van der Waals surface area contributed by atoms with E-state index in [1.54, 1.807) is 20.8 Å². The van der Waals surface area contributed by atoms with Crippen LogP contribution in [0.4, 0.5) is 0 Å². The maximum Gasteiger partial charge on any atom is 0.190 e. The lowest BCUT2D eigenvalue weighted by Crippen LogP contribution is -2.76. The molecule has 2 N–H and O–H groups in total. The average Bonchev–Trinajstić information content (AvgIpc) is 2.86. The summed E-state index contributed by atoms with van der Waals surface area (Å²) in [5.41, 5.74) is -3.31. The number of hydrogen-bond donors (Lipinski definition) is 2. The number of hydrogen-bond acceptors (Lipinski definition) is 7. The van der Waals surface area contributed by atoms with Crippen LogP contribution >= 0.6 is 0 Å². The number of phenolic OH excluding ortho intramolecular Hbond substituents is 1. The first kappa shape index (κ1) is 29.8. The number of fused-ring (bicyclic) bond motifs is 3. The van der Waals surface area contributed by atoms with E-state index in [1.165, 1.54) is 31.7 Å². The second-order valence-corrected chi connectivity index (χ2v) is 14.6. The fourth-order valence-corrected chi connectivity index (χ4v) is 9.41. The van der Waals surface area contributed by atoms with Crippen LogP contribution in [0, 0.1) is 46.3 Å². The topological polar surface area (TPSA) is 126 Å². The lowest BCUT2D eigenvalue weighted by atomic mass is 9.40. The minimum absolute atomic E-state index is 0.0820. The standard InChI is InChI=1S/C34H44O7/c1-17(2)26-28(37)24(19(4)35)30(39)34(41)31(40)27-29(38)25-22(15-32(27,5)16-33(26,34)6)21(13-14-23(25)36)12-11-20-9-7-18(3)8-10-20/h13-14,17-18,20,24,26-27,36,41H,7-12,15-16H2,1-6H3/t18?,20?,24?,26?,27?,32-,33-,34+/m1/s1. The van der Waals surface area contributed by atoms with Crippen molar-refractivity contribution < 1.29 is 34.2 Å². The summed E-state index contributed by atoms with van der Waals surface area (Å²) < 4.78 is 0. The van der Waals surface area contributed by atoms with Gasteiger partial charge in [-0.1, -0.05) is 66.4 Å². The molecule has 4 aliphatic rings. The summed E-state index contributed by atoms with van der Waals surface area (Å²) in [6.45, 7) is 10.4. The van der Waals surface area contributed by atoms with Crippen LogP contribution < -0.4 is 0 Å². The molecule has 0 aliphatic heterocycles. The van der Waals surface area contributed by atoms with E-state index in [0.717, 1.165) is 36.8 Å². The van der Waals surface area contributed by atoms with Gasteiger partial charge in [-0.15, -0.1) is 0 Å². The number of aromatic hydroxyl groups is 1. The first-order chi connectivity index (χ1) is 19.1. The highest BCUT2D eigenvalue weighted by Crippen LogP contribution is 2.63. The van der Waals surface area contributed by atoms with Crippen molar-refractivity contribution in [3.63, 3.8) is 0 Å². The van der Waals surface area contributed by atoms with E-state index in [0.29, 0.717) is 12.3 Å². The largest absolute Gasteiger partial charge is 0.507 e. The smallest absolute Gasteiger partial charge is 0.190 e. The molecule has 222 valence electrons. The lowest BCUT2D eigenvalue weighted by molar-refractivity contribution is -0.205. The van der Waals surface area contributed by atoms with E-state index in [1.807, 2.05) is 13.0 Å². The number of ketones is 5. The molecule has 6 atom stereocenters. The van der Waals surface area contributed by atoms with Crippen LogP contribution in [0.1, 0.15) is 102 Å². The maximum atomic E-state index is 14.4. The van der Waals surface area contributed by atoms with E-state index in [2.05, 4.69) is 6.92 Å². The lowest BCUT2D eigenvalue weighted by Gasteiger charge is -2.62. The summed E-state index contributed by atoms with van der Waals surface area (Å²) in [4.78, 5) is 68.4. The fourth-order valence-electron chi connectivity index (χ4n) is 9.41. The highest BCUT2D eigenvalue weighted by molar-refractivity contribution is 6.32. The maximum absolute atomic E-state index is 14.4. The van der Waals surface area contributed by atoms with Crippen LogP contribution in [0.3, 0.4) is 0 Å². The molecule has 0 spiro atoms. The zero-order chi connectivity index (χ0) is 30.2. The molecular formula is C34H44O7. The molecule has 3 unspecified atom stereocenters. The van der Waals surface area contributed by atoms with Gasteiger partial charge >= 0.3 is 0 Å². The summed E-state index contributed by atoms with van der Waals surface area (Å²) in [6.07, 6.45) is 6.95. The van der Waals surface area contributed by atoms with Crippen LogP contribution in [0.15, 0.2) is 12.1 Å². The van der Waals surface area contributed by atoms with E-state index < -0.39 is 63.1 Å². The quantitative estimate of drug-likeness (QED) is 0.490. The van der Waals surface area contributed by atoms with Crippen LogP contribution in [0.5, 0.6) is 5.75 Å². The minimum Gasteiger partial charge on any atom is -0.507 e. The van der Waals surface area contributed by atoms with Gasteiger partial charge in [-0.2, -0.15) is 0 Å². The normalized spacial score (nSPS) is 38.9. The molecule has 0 amide bonds. The number of aliphatic hydroxyl groups is 1. The van der Waals surface area contributed by atoms with Gasteiger partial charge in [0.15, 0.2) is 28.7 Å². The van der Waals surface area contributed by atoms with Crippen molar-refractivity contribution >= 4 is 28.9 Å². The Balaban J connectivity index is 1.59. The first-order valence-electron chi connectivity index (χ1n) is 15.3. The van der Waals surface area contributed by atoms with E-state index in [-0.39, 0.29) is 23.7 Å². The molecule has 1 aromatic carbocycles. The molecule has 5 rings (SSSR count). The van der Waals surface area contributed by atoms with Gasteiger partial charge in [0.25, 0.3) is 0 Å². The van der Waals surface area contributed by atoms with Crippen LogP contribution in [-0.2, 0) is 32.0 Å². The van der Waals surface area contributed by atoms with Crippen molar-refractivity contribution in [2.24, 2.45) is 46.3 Å². The minimum atomic E-state index is -2.66. The van der Waals surface area contributed by atoms with Crippen LogP contribution in [0.25, 0.3) is 0 Å². The van der Waals surface area contributed by atoms with Crippen molar-refractivity contribution in [3.8, 4) is 5.75 Å². The monoisotopic (exact) mass is 564 g/mol. The summed E-state index contributed by atoms with van der Waals surface area (Å²) in [7, 11) is 0. The van der Waals surface area contributed by atoms with Crippen LogP contribution in [-0.4, -0.2) is 44.7 Å². The van der Waals surface area contributed by atoms with Gasteiger partial charge in [-0.25, -0.2) is 0 Å². The van der Waals surface area contributed by atoms with Crippen molar-refractivity contribution in [3.05, 3.63) is 28.8 Å². The molecule has 7 heteroatoms. The highest BCUT2D eigenvalue weighted by Gasteiger charge is 2.76.